The fourth-order valence-electron chi connectivity index (χ4n) is 10.6. The summed E-state index contributed by atoms with van der Waals surface area (Å²) in [5.74, 6) is 0. The zero-order valence-electron chi connectivity index (χ0n) is 35.4. The molecule has 0 unspecified atom stereocenters. The van der Waals surface area contributed by atoms with Gasteiger partial charge in [0.2, 0.25) is 0 Å². The van der Waals surface area contributed by atoms with E-state index in [0.29, 0.717) is 0 Å². The second-order valence-electron chi connectivity index (χ2n) is 18.1. The molecule has 0 N–H and O–H groups in total. The molecule has 0 radical (unpaired) electrons. The highest BCUT2D eigenvalue weighted by Crippen LogP contribution is 2.57. The average Bonchev–Trinajstić information content (AvgIpc) is 3.58. The lowest BCUT2D eigenvalue weighted by Crippen LogP contribution is -2.36. The monoisotopic (exact) mass is 754 g/mol. The van der Waals surface area contributed by atoms with Crippen molar-refractivity contribution in [1.82, 2.24) is 0 Å². The minimum atomic E-state index is -0.183. The van der Waals surface area contributed by atoms with Crippen LogP contribution in [0.25, 0.3) is 34.4 Å². The Morgan fingerprint density at radius 1 is 0.414 bits per heavy atom. The average molecular weight is 755 g/mol. The van der Waals surface area contributed by atoms with Gasteiger partial charge in [0, 0.05) is 44.5 Å². The summed E-state index contributed by atoms with van der Waals surface area (Å²) in [6.07, 6.45) is 14.2. The summed E-state index contributed by atoms with van der Waals surface area (Å²) >= 11 is 0. The zero-order valence-corrected chi connectivity index (χ0v) is 35.4. The third kappa shape index (κ3) is 5.37. The van der Waals surface area contributed by atoms with Crippen LogP contribution in [-0.2, 0) is 10.8 Å². The summed E-state index contributed by atoms with van der Waals surface area (Å²) in [6.45, 7) is 18.8. The fraction of sp³-hybridized carbons (Fsp3) is 0.250. The lowest BCUT2D eigenvalue weighted by molar-refractivity contribution is 0.652. The Morgan fingerprint density at radius 2 is 0.914 bits per heavy atom. The van der Waals surface area contributed by atoms with E-state index in [1.165, 1.54) is 111 Å². The smallest absolute Gasteiger partial charge is 0.0540 e. The van der Waals surface area contributed by atoms with E-state index in [4.69, 9.17) is 0 Å². The van der Waals surface area contributed by atoms with Gasteiger partial charge in [-0.2, -0.15) is 0 Å². The van der Waals surface area contributed by atoms with Gasteiger partial charge in [0.25, 0.3) is 0 Å². The summed E-state index contributed by atoms with van der Waals surface area (Å²) in [5, 5.41) is 2.78. The van der Waals surface area contributed by atoms with Gasteiger partial charge in [0.1, 0.15) is 0 Å². The molecule has 0 heterocycles. The molecule has 288 valence electrons. The molecule has 0 bridgehead atoms. The van der Waals surface area contributed by atoms with Crippen LogP contribution in [0.5, 0.6) is 0 Å². The van der Waals surface area contributed by atoms with Gasteiger partial charge in [-0.25, -0.2) is 0 Å². The van der Waals surface area contributed by atoms with Crippen molar-refractivity contribution in [2.45, 2.75) is 91.9 Å². The zero-order chi connectivity index (χ0) is 40.1. The Hall–Kier alpha value is -5.86. The van der Waals surface area contributed by atoms with Crippen molar-refractivity contribution in [1.29, 1.82) is 0 Å². The SMILES string of the molecule is CC1=CCCC=C1N(c1ccccc1C)c1cc2c(c3c1=CCCC=3)-c1cc3c(cc1C2(C)C)-c1ccc(N(c2ccccc2C)c2ccccc2C)cc1C3(C)C. The summed E-state index contributed by atoms with van der Waals surface area (Å²) in [7, 11) is 0. The highest BCUT2D eigenvalue weighted by molar-refractivity contribution is 5.93. The molecule has 0 aliphatic heterocycles. The number of allylic oxidation sites excluding steroid dienone is 3. The molecular weight excluding hydrogens is 701 g/mol. The third-order valence-corrected chi connectivity index (χ3v) is 13.8. The van der Waals surface area contributed by atoms with Gasteiger partial charge in [0.15, 0.2) is 0 Å². The molecule has 0 atom stereocenters. The van der Waals surface area contributed by atoms with E-state index < -0.39 is 0 Å². The number of benzene rings is 6. The molecule has 2 nitrogen and oxygen atoms in total. The third-order valence-electron chi connectivity index (χ3n) is 13.8. The molecule has 0 amide bonds. The van der Waals surface area contributed by atoms with Crippen LogP contribution in [-0.4, -0.2) is 0 Å². The largest absolute Gasteiger partial charge is 0.310 e. The Bertz CT molecular complexity index is 2850. The number of anilines is 5. The Balaban J connectivity index is 1.15. The topological polar surface area (TPSA) is 6.48 Å². The number of nitrogens with zero attached hydrogens (tertiary/aromatic N) is 2. The summed E-state index contributed by atoms with van der Waals surface area (Å²) in [6, 6.07) is 41.4. The Kier molecular flexibility index (Phi) is 8.40. The molecule has 6 aromatic carbocycles. The molecule has 4 aliphatic rings. The van der Waals surface area contributed by atoms with Gasteiger partial charge < -0.3 is 9.80 Å². The Labute approximate surface area is 345 Å². The van der Waals surface area contributed by atoms with Crippen LogP contribution in [0.4, 0.5) is 28.4 Å². The van der Waals surface area contributed by atoms with Crippen LogP contribution >= 0.6 is 0 Å². The van der Waals surface area contributed by atoms with E-state index in [-0.39, 0.29) is 10.8 Å². The Morgan fingerprint density at radius 3 is 1.53 bits per heavy atom. The van der Waals surface area contributed by atoms with Crippen LogP contribution in [0.15, 0.2) is 133 Å². The standard InChI is InChI=1S/C56H54N2/c1-35-19-9-15-25-49(35)57(50-26-16-10-20-36(50)2)39-29-30-40-43-32-47-44(33-46(43)55(5,6)45(40)31-39)54-42-24-14-13-23-41(42)53(34-48(54)56(47,7)8)58(51-27-17-11-21-37(51)3)52-28-18-12-22-38(52)4/h9-11,15-17,19-34H,12-14,18H2,1-8H3. The molecular formula is C56H54N2. The first-order chi connectivity index (χ1) is 28.0. The number of hydrogen-bond acceptors (Lipinski definition) is 2. The lowest BCUT2D eigenvalue weighted by atomic mass is 9.79. The van der Waals surface area contributed by atoms with Crippen LogP contribution in [0.1, 0.15) is 99.2 Å². The second kappa shape index (κ2) is 13.3. The molecule has 6 aromatic rings. The van der Waals surface area contributed by atoms with Crippen molar-refractivity contribution >= 4 is 40.6 Å². The first-order valence-electron chi connectivity index (χ1n) is 21.3. The van der Waals surface area contributed by atoms with Crippen LogP contribution in [0, 0.1) is 20.8 Å². The van der Waals surface area contributed by atoms with E-state index in [0.717, 1.165) is 25.7 Å². The molecule has 10 rings (SSSR count). The van der Waals surface area contributed by atoms with Gasteiger partial charge in [-0.15, -0.1) is 0 Å². The predicted octanol–water partition coefficient (Wildman–Crippen LogP) is 13.8. The molecule has 0 fully saturated rings. The predicted molar refractivity (Wildman–Crippen MR) is 248 cm³/mol. The van der Waals surface area contributed by atoms with Crippen molar-refractivity contribution < 1.29 is 0 Å². The maximum atomic E-state index is 2.59. The van der Waals surface area contributed by atoms with E-state index in [9.17, 15) is 0 Å². The van der Waals surface area contributed by atoms with Crippen molar-refractivity contribution in [3.63, 3.8) is 0 Å². The van der Waals surface area contributed by atoms with Crippen LogP contribution in [0.2, 0.25) is 0 Å². The molecule has 0 aromatic heterocycles. The fourth-order valence-corrected chi connectivity index (χ4v) is 10.6. The van der Waals surface area contributed by atoms with Crippen molar-refractivity contribution in [3.8, 4) is 22.3 Å². The summed E-state index contributed by atoms with van der Waals surface area (Å²) < 4.78 is 0. The van der Waals surface area contributed by atoms with Crippen molar-refractivity contribution in [2.75, 3.05) is 9.80 Å². The quantitative estimate of drug-likeness (QED) is 0.167. The molecule has 4 aliphatic carbocycles. The molecule has 0 saturated heterocycles. The van der Waals surface area contributed by atoms with Gasteiger partial charge in [-0.05, 0) is 174 Å². The normalized spacial score (nSPS) is 16.4. The van der Waals surface area contributed by atoms with E-state index in [1.54, 1.807) is 0 Å². The number of aryl methyl sites for hydroxylation is 3. The first kappa shape index (κ1) is 36.5. The van der Waals surface area contributed by atoms with Gasteiger partial charge in [-0.3, -0.25) is 0 Å². The number of fused-ring (bicyclic) bond motifs is 8. The van der Waals surface area contributed by atoms with E-state index in [1.807, 2.05) is 0 Å². The number of hydrogen-bond donors (Lipinski definition) is 0. The first-order valence-corrected chi connectivity index (χ1v) is 21.3. The van der Waals surface area contributed by atoms with Gasteiger partial charge in [0.05, 0.1) is 5.69 Å². The van der Waals surface area contributed by atoms with E-state index in [2.05, 4.69) is 199 Å². The van der Waals surface area contributed by atoms with Crippen LogP contribution in [0.3, 0.4) is 0 Å². The summed E-state index contributed by atoms with van der Waals surface area (Å²) in [5.41, 5.74) is 23.6. The maximum absolute atomic E-state index is 2.59. The van der Waals surface area contributed by atoms with Crippen molar-refractivity contribution in [3.05, 3.63) is 182 Å². The maximum Gasteiger partial charge on any atom is 0.0540 e. The number of para-hydroxylation sites is 3. The lowest BCUT2D eigenvalue weighted by Gasteiger charge is -2.33. The molecule has 58 heavy (non-hydrogen) atoms. The summed E-state index contributed by atoms with van der Waals surface area (Å²) in [4.78, 5) is 5.04. The molecule has 2 heteroatoms. The van der Waals surface area contributed by atoms with Crippen LogP contribution < -0.4 is 20.2 Å². The minimum absolute atomic E-state index is 0.180. The molecule has 0 spiro atoms. The van der Waals surface area contributed by atoms with Gasteiger partial charge >= 0.3 is 0 Å². The minimum Gasteiger partial charge on any atom is -0.310 e. The number of rotatable bonds is 6. The molecule has 0 saturated carbocycles. The van der Waals surface area contributed by atoms with Gasteiger partial charge in [-0.1, -0.05) is 113 Å². The van der Waals surface area contributed by atoms with E-state index >= 15 is 0 Å². The second-order valence-corrected chi connectivity index (χ2v) is 18.1. The highest BCUT2D eigenvalue weighted by Gasteiger charge is 2.43. The van der Waals surface area contributed by atoms with Crippen molar-refractivity contribution in [2.24, 2.45) is 0 Å². The highest BCUT2D eigenvalue weighted by atomic mass is 15.2.